The number of hydrogen-bond donors (Lipinski definition) is 0. The van der Waals surface area contributed by atoms with Crippen LogP contribution in [0.25, 0.3) is 0 Å². The Morgan fingerprint density at radius 2 is 0.840 bits per heavy atom. The second kappa shape index (κ2) is 13.4. The van der Waals surface area contributed by atoms with E-state index in [0.717, 1.165) is 5.92 Å². The Balaban J connectivity index is -0.000000128. The molecule has 0 unspecified atom stereocenters. The Labute approximate surface area is 179 Å². The van der Waals surface area contributed by atoms with E-state index in [-0.39, 0.29) is 52.8 Å². The van der Waals surface area contributed by atoms with Crippen LogP contribution in [0.5, 0.6) is 0 Å². The molecule has 1 aliphatic rings. The van der Waals surface area contributed by atoms with Gasteiger partial charge in [-0.2, -0.15) is 0 Å². The summed E-state index contributed by atoms with van der Waals surface area (Å²) in [4.78, 5) is 0. The summed E-state index contributed by atoms with van der Waals surface area (Å²) in [6.45, 7) is 0. The molecular formula is C9H11B3F12K-3. The third-order valence-corrected chi connectivity index (χ3v) is 1.85. The molecule has 0 aromatic heterocycles. The van der Waals surface area contributed by atoms with E-state index in [0.29, 0.717) is 0 Å². The molecule has 144 valence electrons. The first-order valence-corrected chi connectivity index (χ1v) is 6.13. The van der Waals surface area contributed by atoms with Gasteiger partial charge in [0.1, 0.15) is 0 Å². The third-order valence-electron chi connectivity index (χ3n) is 1.85. The quantitative estimate of drug-likeness (QED) is 0.483. The van der Waals surface area contributed by atoms with Gasteiger partial charge < -0.3 is 53.2 Å². The van der Waals surface area contributed by atoms with Crippen molar-refractivity contribution in [2.75, 3.05) is 0 Å². The Bertz CT molecular complexity index is 388. The fraction of sp³-hybridized carbons (Fsp3) is 0.333. The van der Waals surface area contributed by atoms with Crippen molar-refractivity contribution in [2.24, 2.45) is 0 Å². The molecule has 0 bridgehead atoms. The van der Waals surface area contributed by atoms with Crippen molar-refractivity contribution in [1.29, 1.82) is 0 Å². The van der Waals surface area contributed by atoms with Gasteiger partial charge in [0.25, 0.3) is 0 Å². The molecule has 0 amide bonds. The number of hydrogen-bond acceptors (Lipinski definition) is 0. The molecule has 16 heteroatoms. The van der Waals surface area contributed by atoms with Gasteiger partial charge in [0.05, 0.1) is 0 Å². The summed E-state index contributed by atoms with van der Waals surface area (Å²) < 4.78 is 117. The van der Waals surface area contributed by atoms with Gasteiger partial charge >= 0.3 is 73.1 Å². The van der Waals surface area contributed by atoms with Gasteiger partial charge in [0, 0.05) is 0 Å². The maximum Gasteiger partial charge on any atom is 1.00 e. The van der Waals surface area contributed by atoms with Gasteiger partial charge in [0.2, 0.25) is 0 Å². The van der Waals surface area contributed by atoms with Crippen LogP contribution in [0.4, 0.5) is 51.8 Å². The fourth-order valence-electron chi connectivity index (χ4n) is 1.14. The summed E-state index contributed by atoms with van der Waals surface area (Å²) in [6.07, 6.45) is 2.81. The molecule has 1 fully saturated rings. The van der Waals surface area contributed by atoms with Crippen LogP contribution in [-0.4, -0.2) is 21.8 Å². The largest absolute Gasteiger partial charge is 1.00 e. The minimum Gasteiger partial charge on any atom is -1.00 e. The van der Waals surface area contributed by atoms with Gasteiger partial charge in [-0.25, -0.2) is 0 Å². The van der Waals surface area contributed by atoms with Crippen molar-refractivity contribution >= 4 is 21.8 Å². The molecule has 1 aromatic rings. The first kappa shape index (κ1) is 30.0. The van der Waals surface area contributed by atoms with Crippen LogP contribution < -0.4 is 51.4 Å². The molecule has 1 saturated carbocycles. The molecule has 0 atom stereocenters. The summed E-state index contributed by atoms with van der Waals surface area (Å²) in [6, 6.07) is 10.8. The minimum absolute atomic E-state index is 0. The second-order valence-corrected chi connectivity index (χ2v) is 4.17. The first-order valence-electron chi connectivity index (χ1n) is 6.13. The van der Waals surface area contributed by atoms with E-state index in [1.165, 1.54) is 18.4 Å². The molecule has 25 heavy (non-hydrogen) atoms. The van der Waals surface area contributed by atoms with Gasteiger partial charge in [-0.1, -0.05) is 30.3 Å². The predicted octanol–water partition coefficient (Wildman–Crippen LogP) is 3.58. The van der Waals surface area contributed by atoms with E-state index in [2.05, 4.69) is 30.3 Å². The van der Waals surface area contributed by atoms with Crippen LogP contribution in [0.15, 0.2) is 30.3 Å². The van der Waals surface area contributed by atoms with E-state index in [1.807, 2.05) is 0 Å². The predicted molar refractivity (Wildman–Crippen MR) is 70.1 cm³/mol. The Hall–Kier alpha value is 0.211. The molecule has 0 aliphatic heterocycles. The molecule has 0 heterocycles. The summed E-state index contributed by atoms with van der Waals surface area (Å²) in [5.74, 6) is 0.909. The van der Waals surface area contributed by atoms with Gasteiger partial charge in [0.15, 0.2) is 0 Å². The van der Waals surface area contributed by atoms with Crippen molar-refractivity contribution in [1.82, 2.24) is 0 Å². The van der Waals surface area contributed by atoms with Crippen molar-refractivity contribution < 1.29 is 105 Å². The Morgan fingerprint density at radius 3 is 1.04 bits per heavy atom. The smallest absolute Gasteiger partial charge is 1.00 e. The van der Waals surface area contributed by atoms with Crippen LogP contribution in [0.2, 0.25) is 0 Å². The van der Waals surface area contributed by atoms with Crippen LogP contribution in [-0.2, 0) is 0 Å². The normalized spacial score (nSPS) is 13.6. The zero-order valence-electron chi connectivity index (χ0n) is 13.6. The second-order valence-electron chi connectivity index (χ2n) is 4.17. The Morgan fingerprint density at radius 1 is 0.600 bits per heavy atom. The third kappa shape index (κ3) is 51.6. The minimum atomic E-state index is -6.00. The molecule has 1 aliphatic carbocycles. The van der Waals surface area contributed by atoms with E-state index in [1.54, 1.807) is 0 Å². The zero-order chi connectivity index (χ0) is 19.6. The van der Waals surface area contributed by atoms with E-state index in [4.69, 9.17) is 0 Å². The summed E-state index contributed by atoms with van der Waals surface area (Å²) >= 11 is 0. The van der Waals surface area contributed by atoms with Crippen LogP contribution in [0.3, 0.4) is 0 Å². The van der Waals surface area contributed by atoms with Crippen LogP contribution in [0, 0.1) is 0 Å². The average molecular weight is 419 g/mol. The van der Waals surface area contributed by atoms with Gasteiger partial charge in [-0.15, -0.1) is 0 Å². The molecule has 1 aromatic carbocycles. The Kier molecular flexibility index (Phi) is 16.0. The topological polar surface area (TPSA) is 0 Å². The maximum absolute atomic E-state index is 9.75. The molecular weight excluding hydrogens is 408 g/mol. The van der Waals surface area contributed by atoms with E-state index < -0.39 is 21.8 Å². The fourth-order valence-corrected chi connectivity index (χ4v) is 1.14. The zero-order valence-corrected chi connectivity index (χ0v) is 15.8. The van der Waals surface area contributed by atoms with Crippen molar-refractivity contribution in [3.05, 3.63) is 35.9 Å². The van der Waals surface area contributed by atoms with Gasteiger partial charge in [-0.3, -0.25) is 0 Å². The molecule has 0 N–H and O–H groups in total. The number of halogens is 12. The SMILES string of the molecule is F[B-](F)(F)F.F[B-](F)(F)F.F[B-](F)(F)F.[H-].[K+].c1ccc(C2CC2)cc1. The first-order chi connectivity index (χ1) is 10.5. The van der Waals surface area contributed by atoms with Crippen molar-refractivity contribution in [3.8, 4) is 0 Å². The van der Waals surface area contributed by atoms with E-state index >= 15 is 0 Å². The van der Waals surface area contributed by atoms with Crippen molar-refractivity contribution in [2.45, 2.75) is 18.8 Å². The van der Waals surface area contributed by atoms with Crippen LogP contribution >= 0.6 is 0 Å². The van der Waals surface area contributed by atoms with Crippen molar-refractivity contribution in [3.63, 3.8) is 0 Å². The molecule has 2 rings (SSSR count). The average Bonchev–Trinajstić information content (AvgIpc) is 3.06. The van der Waals surface area contributed by atoms with Gasteiger partial charge in [-0.05, 0) is 24.3 Å². The molecule has 0 radical (unpaired) electrons. The van der Waals surface area contributed by atoms with E-state index in [9.17, 15) is 51.8 Å². The monoisotopic (exact) mass is 419 g/mol. The standard InChI is InChI=1S/C9H10.3BF4.K.H/c1-2-4-8(5-3-1)9-6-7-9;3*2-1(3,4)5;;/h1-5,9H,6-7H2;;;;;/q;3*-1;+1;-1. The molecule has 0 saturated heterocycles. The molecule has 0 spiro atoms. The summed E-state index contributed by atoms with van der Waals surface area (Å²) in [5.41, 5.74) is 1.53. The van der Waals surface area contributed by atoms with Crippen LogP contribution in [0.1, 0.15) is 25.7 Å². The maximum atomic E-state index is 9.75. The summed E-state index contributed by atoms with van der Waals surface area (Å²) in [5, 5.41) is 0. The number of benzene rings is 1. The summed E-state index contributed by atoms with van der Waals surface area (Å²) in [7, 11) is -18.0. The molecule has 0 nitrogen and oxygen atoms in total. The number of rotatable bonds is 1.